The molecule has 0 atom stereocenters. The standard InChI is InChI=1S/C11H11N3O3S/c1-7-5-9(18-10(7)11(16)17)13-8(15)6-14-4-2-3-12-14/h2-5H,6H2,1H3,(H,13,15)(H,16,17). The number of hydrogen-bond donors (Lipinski definition) is 2. The highest BCUT2D eigenvalue weighted by molar-refractivity contribution is 7.18. The Bertz CT molecular complexity index is 574. The van der Waals surface area contributed by atoms with Crippen LogP contribution in [0, 0.1) is 6.92 Å². The van der Waals surface area contributed by atoms with Crippen LogP contribution in [-0.4, -0.2) is 26.8 Å². The first-order valence-corrected chi connectivity index (χ1v) is 5.99. The molecule has 0 saturated carbocycles. The van der Waals surface area contributed by atoms with Crippen LogP contribution in [0.25, 0.3) is 0 Å². The third kappa shape index (κ3) is 2.75. The van der Waals surface area contributed by atoms with Crippen molar-refractivity contribution in [1.29, 1.82) is 0 Å². The largest absolute Gasteiger partial charge is 0.477 e. The molecule has 2 aromatic rings. The fourth-order valence-electron chi connectivity index (χ4n) is 1.47. The van der Waals surface area contributed by atoms with Crippen molar-refractivity contribution in [2.75, 3.05) is 5.32 Å². The Balaban J connectivity index is 2.03. The fraction of sp³-hybridized carbons (Fsp3) is 0.182. The number of carbonyl (C=O) groups excluding carboxylic acids is 1. The highest BCUT2D eigenvalue weighted by Gasteiger charge is 2.13. The predicted octanol–water partition coefficient (Wildman–Crippen LogP) is 1.59. The summed E-state index contributed by atoms with van der Waals surface area (Å²) in [4.78, 5) is 22.8. The molecule has 0 spiro atoms. The van der Waals surface area contributed by atoms with Crippen molar-refractivity contribution >= 4 is 28.2 Å². The molecule has 2 heterocycles. The molecule has 0 saturated heterocycles. The number of amides is 1. The maximum absolute atomic E-state index is 11.7. The van der Waals surface area contributed by atoms with E-state index in [0.717, 1.165) is 11.3 Å². The number of hydrogen-bond acceptors (Lipinski definition) is 4. The van der Waals surface area contributed by atoms with Crippen LogP contribution in [0.5, 0.6) is 0 Å². The number of carboxylic acids is 1. The summed E-state index contributed by atoms with van der Waals surface area (Å²) in [5, 5.41) is 16.0. The van der Waals surface area contributed by atoms with E-state index in [1.807, 2.05) is 0 Å². The van der Waals surface area contributed by atoms with Gasteiger partial charge in [-0.2, -0.15) is 5.10 Å². The summed E-state index contributed by atoms with van der Waals surface area (Å²) in [5.41, 5.74) is 0.641. The highest BCUT2D eigenvalue weighted by atomic mass is 32.1. The van der Waals surface area contributed by atoms with Crippen molar-refractivity contribution in [3.8, 4) is 0 Å². The van der Waals surface area contributed by atoms with Gasteiger partial charge >= 0.3 is 5.97 Å². The molecule has 0 radical (unpaired) electrons. The molecule has 0 fully saturated rings. The lowest BCUT2D eigenvalue weighted by atomic mass is 10.3. The third-order valence-electron chi connectivity index (χ3n) is 2.24. The highest BCUT2D eigenvalue weighted by Crippen LogP contribution is 2.26. The number of thiophene rings is 1. The van der Waals surface area contributed by atoms with E-state index in [9.17, 15) is 9.59 Å². The Morgan fingerprint density at radius 1 is 1.56 bits per heavy atom. The van der Waals surface area contributed by atoms with Crippen LogP contribution in [0.1, 0.15) is 15.2 Å². The van der Waals surface area contributed by atoms with E-state index in [-0.39, 0.29) is 17.3 Å². The van der Waals surface area contributed by atoms with Crippen molar-refractivity contribution in [2.45, 2.75) is 13.5 Å². The fourth-order valence-corrected chi connectivity index (χ4v) is 2.40. The number of aryl methyl sites for hydroxylation is 1. The van der Waals surface area contributed by atoms with Gasteiger partial charge in [0.15, 0.2) is 0 Å². The molecular weight excluding hydrogens is 254 g/mol. The van der Waals surface area contributed by atoms with Gasteiger partial charge in [0.25, 0.3) is 0 Å². The van der Waals surface area contributed by atoms with Crippen molar-refractivity contribution < 1.29 is 14.7 Å². The van der Waals surface area contributed by atoms with E-state index in [1.165, 1.54) is 4.68 Å². The minimum atomic E-state index is -0.981. The Morgan fingerprint density at radius 3 is 2.89 bits per heavy atom. The third-order valence-corrected chi connectivity index (χ3v) is 3.38. The predicted molar refractivity (Wildman–Crippen MR) is 66.9 cm³/mol. The summed E-state index contributed by atoms with van der Waals surface area (Å²) in [5.74, 6) is -1.22. The second kappa shape index (κ2) is 5.01. The van der Waals surface area contributed by atoms with Gasteiger partial charge in [0, 0.05) is 12.4 Å². The summed E-state index contributed by atoms with van der Waals surface area (Å²) in [6, 6.07) is 3.38. The summed E-state index contributed by atoms with van der Waals surface area (Å²) in [6.07, 6.45) is 3.27. The molecule has 6 nitrogen and oxygen atoms in total. The molecule has 18 heavy (non-hydrogen) atoms. The monoisotopic (exact) mass is 265 g/mol. The molecule has 0 aliphatic carbocycles. The molecule has 0 aliphatic rings. The quantitative estimate of drug-likeness (QED) is 0.879. The van der Waals surface area contributed by atoms with Crippen molar-refractivity contribution in [2.24, 2.45) is 0 Å². The van der Waals surface area contributed by atoms with Crippen LogP contribution in [0.15, 0.2) is 24.5 Å². The molecule has 2 aromatic heterocycles. The van der Waals surface area contributed by atoms with E-state index in [0.29, 0.717) is 10.6 Å². The zero-order valence-electron chi connectivity index (χ0n) is 9.58. The van der Waals surface area contributed by atoms with Crippen LogP contribution < -0.4 is 5.32 Å². The average Bonchev–Trinajstić information content (AvgIpc) is 2.88. The van der Waals surface area contributed by atoms with Crippen molar-refractivity contribution in [1.82, 2.24) is 9.78 Å². The number of nitrogens with zero attached hydrogens (tertiary/aromatic N) is 2. The maximum atomic E-state index is 11.7. The van der Waals surface area contributed by atoms with Crippen LogP contribution in [0.4, 0.5) is 5.00 Å². The Kier molecular flexibility index (Phi) is 3.42. The minimum Gasteiger partial charge on any atom is -0.477 e. The van der Waals surface area contributed by atoms with Crippen LogP contribution in [0.2, 0.25) is 0 Å². The number of anilines is 1. The number of aromatic carboxylic acids is 1. The first kappa shape index (κ1) is 12.3. The second-order valence-corrected chi connectivity index (χ2v) is 4.73. The Hall–Kier alpha value is -2.15. The van der Waals surface area contributed by atoms with Gasteiger partial charge in [-0.25, -0.2) is 4.79 Å². The van der Waals surface area contributed by atoms with E-state index >= 15 is 0 Å². The maximum Gasteiger partial charge on any atom is 0.346 e. The van der Waals surface area contributed by atoms with Gasteiger partial charge in [-0.05, 0) is 24.6 Å². The average molecular weight is 265 g/mol. The molecule has 94 valence electrons. The lowest BCUT2D eigenvalue weighted by Gasteiger charge is -2.02. The molecule has 0 aromatic carbocycles. The molecule has 2 N–H and O–H groups in total. The van der Waals surface area contributed by atoms with Crippen LogP contribution in [0.3, 0.4) is 0 Å². The first-order valence-electron chi connectivity index (χ1n) is 5.17. The van der Waals surface area contributed by atoms with Gasteiger partial charge < -0.3 is 10.4 Å². The Morgan fingerprint density at radius 2 is 2.33 bits per heavy atom. The Labute approximate surface area is 107 Å². The molecule has 0 aliphatic heterocycles. The van der Waals surface area contributed by atoms with Crippen LogP contribution in [-0.2, 0) is 11.3 Å². The van der Waals surface area contributed by atoms with E-state index < -0.39 is 5.97 Å². The SMILES string of the molecule is Cc1cc(NC(=O)Cn2cccn2)sc1C(=O)O. The van der Waals surface area contributed by atoms with Gasteiger partial charge in [-0.1, -0.05) is 0 Å². The lowest BCUT2D eigenvalue weighted by Crippen LogP contribution is -2.18. The molecule has 7 heteroatoms. The second-order valence-electron chi connectivity index (χ2n) is 3.68. The van der Waals surface area contributed by atoms with E-state index in [4.69, 9.17) is 5.11 Å². The minimum absolute atomic E-state index is 0.104. The molecular formula is C11H11N3O3S. The number of carbonyl (C=O) groups is 2. The summed E-state index contributed by atoms with van der Waals surface area (Å²) >= 11 is 1.05. The van der Waals surface area contributed by atoms with E-state index in [1.54, 1.807) is 31.5 Å². The van der Waals surface area contributed by atoms with Gasteiger partial charge in [-0.15, -0.1) is 11.3 Å². The number of nitrogens with one attached hydrogen (secondary N) is 1. The number of carboxylic acid groups (broad SMARTS) is 1. The summed E-state index contributed by atoms with van der Waals surface area (Å²) < 4.78 is 1.49. The van der Waals surface area contributed by atoms with Gasteiger partial charge in [0.2, 0.25) is 5.91 Å². The summed E-state index contributed by atoms with van der Waals surface area (Å²) in [6.45, 7) is 1.80. The summed E-state index contributed by atoms with van der Waals surface area (Å²) in [7, 11) is 0. The van der Waals surface area contributed by atoms with Crippen molar-refractivity contribution in [3.05, 3.63) is 35.0 Å². The molecule has 1 amide bonds. The molecule has 0 bridgehead atoms. The number of aromatic nitrogens is 2. The topological polar surface area (TPSA) is 84.2 Å². The molecule has 0 unspecified atom stereocenters. The molecule has 2 rings (SSSR count). The smallest absolute Gasteiger partial charge is 0.346 e. The lowest BCUT2D eigenvalue weighted by molar-refractivity contribution is -0.116. The normalized spacial score (nSPS) is 10.3. The van der Waals surface area contributed by atoms with E-state index in [2.05, 4.69) is 10.4 Å². The van der Waals surface area contributed by atoms with Crippen molar-refractivity contribution in [3.63, 3.8) is 0 Å². The zero-order chi connectivity index (χ0) is 13.1. The van der Waals surface area contributed by atoms with Crippen LogP contribution >= 0.6 is 11.3 Å². The first-order chi connectivity index (χ1) is 8.56. The number of rotatable bonds is 4. The van der Waals surface area contributed by atoms with Gasteiger partial charge in [-0.3, -0.25) is 9.48 Å². The van der Waals surface area contributed by atoms with Gasteiger partial charge in [0.1, 0.15) is 11.4 Å². The zero-order valence-corrected chi connectivity index (χ0v) is 10.4. The van der Waals surface area contributed by atoms with Gasteiger partial charge in [0.05, 0.1) is 5.00 Å².